The highest BCUT2D eigenvalue weighted by Gasteiger charge is 2.21. The smallest absolute Gasteiger partial charge is 0.283 e. The third kappa shape index (κ3) is 2.66. The molecule has 1 aliphatic heterocycles. The van der Waals surface area contributed by atoms with E-state index < -0.39 is 0 Å². The van der Waals surface area contributed by atoms with E-state index in [9.17, 15) is 4.79 Å². The molecular formula is C19H18ClN5O2. The van der Waals surface area contributed by atoms with Crippen molar-refractivity contribution in [2.24, 2.45) is 9.98 Å². The lowest BCUT2D eigenvalue weighted by molar-refractivity contribution is 0.415. The van der Waals surface area contributed by atoms with Crippen LogP contribution >= 0.6 is 11.6 Å². The lowest BCUT2D eigenvalue weighted by Gasteiger charge is -2.13. The molecule has 0 fully saturated rings. The molecule has 4 rings (SSSR count). The van der Waals surface area contributed by atoms with Crippen molar-refractivity contribution in [1.82, 2.24) is 14.3 Å². The van der Waals surface area contributed by atoms with Crippen molar-refractivity contribution in [3.63, 3.8) is 0 Å². The van der Waals surface area contributed by atoms with Crippen LogP contribution in [-0.2, 0) is 0 Å². The minimum Gasteiger partial charge on any atom is -0.495 e. The highest BCUT2D eigenvalue weighted by Crippen LogP contribution is 2.34. The SMILES string of the molecule is COc1cccc(-n2c(C)c3cnn(C4=NCCC=N4)c(=O)c3c2C)c1Cl. The largest absolute Gasteiger partial charge is 0.495 e. The van der Waals surface area contributed by atoms with Gasteiger partial charge in [-0.1, -0.05) is 17.7 Å². The van der Waals surface area contributed by atoms with Crippen LogP contribution in [0.4, 0.5) is 0 Å². The van der Waals surface area contributed by atoms with Crippen molar-refractivity contribution in [2.75, 3.05) is 13.7 Å². The van der Waals surface area contributed by atoms with E-state index in [1.165, 1.54) is 4.68 Å². The molecule has 1 aromatic carbocycles. The maximum absolute atomic E-state index is 13.1. The van der Waals surface area contributed by atoms with Gasteiger partial charge in [0.2, 0.25) is 5.96 Å². The molecule has 0 amide bonds. The number of benzene rings is 1. The number of fused-ring (bicyclic) bond motifs is 1. The maximum Gasteiger partial charge on any atom is 0.283 e. The zero-order valence-electron chi connectivity index (χ0n) is 15.2. The third-order valence-electron chi connectivity index (χ3n) is 4.71. The Bertz CT molecular complexity index is 1170. The summed E-state index contributed by atoms with van der Waals surface area (Å²) in [5, 5.41) is 6.12. The molecule has 0 saturated carbocycles. The number of aromatic nitrogens is 3. The summed E-state index contributed by atoms with van der Waals surface area (Å²) in [7, 11) is 1.57. The summed E-state index contributed by atoms with van der Waals surface area (Å²) in [6.45, 7) is 4.43. The molecule has 3 aromatic rings. The van der Waals surface area contributed by atoms with Crippen LogP contribution in [0.3, 0.4) is 0 Å². The molecule has 0 atom stereocenters. The van der Waals surface area contributed by atoms with Crippen LogP contribution in [0.2, 0.25) is 5.02 Å². The minimum absolute atomic E-state index is 0.247. The Labute approximate surface area is 160 Å². The zero-order valence-corrected chi connectivity index (χ0v) is 16.0. The summed E-state index contributed by atoms with van der Waals surface area (Å²) in [5.41, 5.74) is 2.16. The first-order chi connectivity index (χ1) is 13.0. The number of hydrogen-bond donors (Lipinski definition) is 0. The third-order valence-corrected chi connectivity index (χ3v) is 5.09. The van der Waals surface area contributed by atoms with E-state index in [4.69, 9.17) is 16.3 Å². The molecule has 0 spiro atoms. The fourth-order valence-corrected chi connectivity index (χ4v) is 3.71. The molecule has 138 valence electrons. The number of hydrogen-bond acceptors (Lipinski definition) is 5. The molecule has 0 radical (unpaired) electrons. The number of aryl methyl sites for hydroxylation is 2. The van der Waals surface area contributed by atoms with Crippen LogP contribution in [0, 0.1) is 13.8 Å². The fraction of sp³-hybridized carbons (Fsp3) is 0.263. The van der Waals surface area contributed by atoms with Gasteiger partial charge in [-0.15, -0.1) is 0 Å². The molecule has 7 nitrogen and oxygen atoms in total. The number of nitrogens with zero attached hydrogens (tertiary/aromatic N) is 5. The minimum atomic E-state index is -0.247. The standard InChI is InChI=1S/C19H18ClN5O2/c1-11-13-10-23-25(19-21-8-5-9-22-19)18(26)16(13)12(2)24(11)14-6-4-7-15(27-3)17(14)20/h4,6-8,10H,5,9H2,1-3H3. The lowest BCUT2D eigenvalue weighted by atomic mass is 10.2. The van der Waals surface area contributed by atoms with Gasteiger partial charge in [0.15, 0.2) is 0 Å². The van der Waals surface area contributed by atoms with Crippen molar-refractivity contribution in [3.8, 4) is 11.4 Å². The molecule has 0 unspecified atom stereocenters. The van der Waals surface area contributed by atoms with Gasteiger partial charge in [-0.3, -0.25) is 4.79 Å². The van der Waals surface area contributed by atoms with Crippen molar-refractivity contribution in [1.29, 1.82) is 0 Å². The monoisotopic (exact) mass is 383 g/mol. The van der Waals surface area contributed by atoms with E-state index in [0.29, 0.717) is 28.7 Å². The van der Waals surface area contributed by atoms with E-state index in [1.807, 2.05) is 30.5 Å². The second-order valence-corrected chi connectivity index (χ2v) is 6.61. The van der Waals surface area contributed by atoms with Gasteiger partial charge in [-0.25, -0.2) is 9.98 Å². The molecule has 0 aliphatic carbocycles. The van der Waals surface area contributed by atoms with Gasteiger partial charge >= 0.3 is 0 Å². The normalized spacial score (nSPS) is 13.9. The van der Waals surface area contributed by atoms with Crippen LogP contribution in [0.25, 0.3) is 16.5 Å². The Hall–Kier alpha value is -2.93. The number of halogens is 1. The van der Waals surface area contributed by atoms with Gasteiger partial charge in [-0.05, 0) is 26.0 Å². The van der Waals surface area contributed by atoms with Crippen LogP contribution in [0.1, 0.15) is 17.8 Å². The molecule has 2 aromatic heterocycles. The first-order valence-corrected chi connectivity index (χ1v) is 8.92. The lowest BCUT2D eigenvalue weighted by Crippen LogP contribution is -2.30. The second-order valence-electron chi connectivity index (χ2n) is 6.23. The van der Waals surface area contributed by atoms with Gasteiger partial charge in [0.25, 0.3) is 5.56 Å². The molecule has 0 bridgehead atoms. The summed E-state index contributed by atoms with van der Waals surface area (Å²) in [6, 6.07) is 5.56. The average Bonchev–Trinajstić information content (AvgIpc) is 2.94. The van der Waals surface area contributed by atoms with Gasteiger partial charge in [0.1, 0.15) is 10.8 Å². The maximum atomic E-state index is 13.1. The van der Waals surface area contributed by atoms with E-state index in [1.54, 1.807) is 25.6 Å². The summed E-state index contributed by atoms with van der Waals surface area (Å²) >= 11 is 6.52. The van der Waals surface area contributed by atoms with E-state index >= 15 is 0 Å². The number of methoxy groups -OCH3 is 1. The van der Waals surface area contributed by atoms with E-state index in [2.05, 4.69) is 15.1 Å². The summed E-state index contributed by atoms with van der Waals surface area (Å²) in [4.78, 5) is 21.6. The molecule has 8 heteroatoms. The molecule has 27 heavy (non-hydrogen) atoms. The highest BCUT2D eigenvalue weighted by atomic mass is 35.5. The van der Waals surface area contributed by atoms with Crippen molar-refractivity contribution >= 4 is 34.5 Å². The molecule has 1 aliphatic rings. The van der Waals surface area contributed by atoms with E-state index in [-0.39, 0.29) is 5.56 Å². The predicted octanol–water partition coefficient (Wildman–Crippen LogP) is 3.14. The summed E-state index contributed by atoms with van der Waals surface area (Å²) in [5.74, 6) is 0.893. The van der Waals surface area contributed by atoms with Gasteiger partial charge < -0.3 is 9.30 Å². The topological polar surface area (TPSA) is 73.8 Å². The second kappa shape index (κ2) is 6.66. The number of ether oxygens (including phenoxy) is 1. The quantitative estimate of drug-likeness (QED) is 0.682. The Kier molecular flexibility index (Phi) is 4.31. The van der Waals surface area contributed by atoms with Crippen molar-refractivity contribution < 1.29 is 4.74 Å². The Balaban J connectivity index is 2.00. The van der Waals surface area contributed by atoms with Crippen LogP contribution < -0.4 is 10.3 Å². The average molecular weight is 384 g/mol. The first kappa shape index (κ1) is 17.5. The number of rotatable bonds is 2. The Morgan fingerprint density at radius 3 is 2.74 bits per heavy atom. The van der Waals surface area contributed by atoms with Crippen molar-refractivity contribution in [3.05, 3.63) is 51.2 Å². The summed E-state index contributed by atoms with van der Waals surface area (Å²) in [6.07, 6.45) is 4.19. The zero-order chi connectivity index (χ0) is 19.1. The summed E-state index contributed by atoms with van der Waals surface area (Å²) < 4.78 is 8.53. The highest BCUT2D eigenvalue weighted by molar-refractivity contribution is 6.34. The molecule has 3 heterocycles. The van der Waals surface area contributed by atoms with Crippen LogP contribution in [0.5, 0.6) is 5.75 Å². The van der Waals surface area contributed by atoms with Crippen LogP contribution in [0.15, 0.2) is 39.2 Å². The van der Waals surface area contributed by atoms with Gasteiger partial charge in [0.05, 0.1) is 24.4 Å². The fourth-order valence-electron chi connectivity index (χ4n) is 3.43. The first-order valence-electron chi connectivity index (χ1n) is 8.54. The predicted molar refractivity (Wildman–Crippen MR) is 107 cm³/mol. The Morgan fingerprint density at radius 2 is 2.04 bits per heavy atom. The van der Waals surface area contributed by atoms with E-state index in [0.717, 1.165) is 28.9 Å². The van der Waals surface area contributed by atoms with Crippen molar-refractivity contribution in [2.45, 2.75) is 20.3 Å². The molecule has 0 N–H and O–H groups in total. The Morgan fingerprint density at radius 1 is 1.22 bits per heavy atom. The molecule has 0 saturated heterocycles. The van der Waals surface area contributed by atoms with Gasteiger partial charge in [0, 0.05) is 36.0 Å². The van der Waals surface area contributed by atoms with Gasteiger partial charge in [-0.2, -0.15) is 9.78 Å². The van der Waals surface area contributed by atoms with Crippen LogP contribution in [-0.4, -0.2) is 40.2 Å². The molecular weight excluding hydrogens is 366 g/mol. The number of aliphatic imine (C=N–C) groups is 2.